The number of halogens is 1. The van der Waals surface area contributed by atoms with Gasteiger partial charge in [0, 0.05) is 18.4 Å². The molecule has 0 unspecified atom stereocenters. The summed E-state index contributed by atoms with van der Waals surface area (Å²) in [5, 5.41) is 12.3. The smallest absolute Gasteiger partial charge is 0.199 e. The molecule has 0 atom stereocenters. The molecule has 4 rings (SSSR count). The van der Waals surface area contributed by atoms with E-state index in [2.05, 4.69) is 52.1 Å². The highest BCUT2D eigenvalue weighted by molar-refractivity contribution is 9.10. The molecule has 106 valence electrons. The summed E-state index contributed by atoms with van der Waals surface area (Å²) >= 11 is 6.49. The second kappa shape index (κ2) is 5.51. The summed E-state index contributed by atoms with van der Waals surface area (Å²) in [5.41, 5.74) is 0. The fourth-order valence-electron chi connectivity index (χ4n) is 2.02. The maximum absolute atomic E-state index is 4.37. The number of aromatic nitrogens is 5. The number of nitrogens with zero attached hydrogens (tertiary/aromatic N) is 5. The van der Waals surface area contributed by atoms with Crippen LogP contribution >= 0.6 is 39.0 Å². The minimum absolute atomic E-state index is 0.509. The van der Waals surface area contributed by atoms with E-state index in [4.69, 9.17) is 0 Å². The summed E-state index contributed by atoms with van der Waals surface area (Å²) < 4.78 is 3.09. The molecule has 0 aromatic carbocycles. The molecule has 1 saturated carbocycles. The molecule has 0 N–H and O–H groups in total. The van der Waals surface area contributed by atoms with Crippen LogP contribution in [0.15, 0.2) is 44.7 Å². The highest BCUT2D eigenvalue weighted by atomic mass is 79.9. The average Bonchev–Trinajstić information content (AvgIpc) is 3.01. The minimum atomic E-state index is 0.509. The topological polar surface area (TPSA) is 56.5 Å². The van der Waals surface area contributed by atoms with Crippen LogP contribution in [0.4, 0.5) is 0 Å². The van der Waals surface area contributed by atoms with Crippen molar-refractivity contribution in [1.82, 2.24) is 24.7 Å². The third kappa shape index (κ3) is 2.75. The molecule has 0 radical (unpaired) electrons. The molecule has 1 fully saturated rings. The molecule has 0 aliphatic heterocycles. The third-order valence-electron chi connectivity index (χ3n) is 3.10. The van der Waals surface area contributed by atoms with Gasteiger partial charge in [0.15, 0.2) is 16.1 Å². The van der Waals surface area contributed by atoms with Crippen LogP contribution in [0.2, 0.25) is 0 Å². The van der Waals surface area contributed by atoms with Crippen LogP contribution in [-0.4, -0.2) is 24.7 Å². The number of hydrogen-bond donors (Lipinski definition) is 0. The molecule has 3 aromatic heterocycles. The molecule has 8 heteroatoms. The SMILES string of the molecule is Brc1cnc(Sc2nnc(-c3cccs3)n2C2CC2)nc1. The molecule has 1 aliphatic carbocycles. The summed E-state index contributed by atoms with van der Waals surface area (Å²) in [5.74, 6) is 0.951. The summed E-state index contributed by atoms with van der Waals surface area (Å²) in [6.07, 6.45) is 5.86. The van der Waals surface area contributed by atoms with Gasteiger partial charge < -0.3 is 0 Å². The summed E-state index contributed by atoms with van der Waals surface area (Å²) in [6, 6.07) is 4.63. The van der Waals surface area contributed by atoms with Gasteiger partial charge in [0.25, 0.3) is 0 Å². The largest absolute Gasteiger partial charge is 0.298 e. The van der Waals surface area contributed by atoms with E-state index >= 15 is 0 Å². The van der Waals surface area contributed by atoms with E-state index in [0.29, 0.717) is 11.2 Å². The maximum Gasteiger partial charge on any atom is 0.199 e. The zero-order valence-corrected chi connectivity index (χ0v) is 14.0. The third-order valence-corrected chi connectivity index (χ3v) is 5.23. The summed E-state index contributed by atoms with van der Waals surface area (Å²) in [4.78, 5) is 9.74. The second-order valence-electron chi connectivity index (χ2n) is 4.67. The molecular weight excluding hydrogens is 370 g/mol. The fraction of sp³-hybridized carbons (Fsp3) is 0.231. The Morgan fingerprint density at radius 3 is 2.71 bits per heavy atom. The van der Waals surface area contributed by atoms with Crippen molar-refractivity contribution < 1.29 is 0 Å². The van der Waals surface area contributed by atoms with Gasteiger partial charge in [-0.05, 0) is 52.0 Å². The Labute approximate surface area is 138 Å². The lowest BCUT2D eigenvalue weighted by molar-refractivity contribution is 0.668. The summed E-state index contributed by atoms with van der Waals surface area (Å²) in [7, 11) is 0. The Hall–Kier alpha value is -1.25. The van der Waals surface area contributed by atoms with Crippen LogP contribution in [0.3, 0.4) is 0 Å². The fourth-order valence-corrected chi connectivity index (χ4v) is 3.72. The standard InChI is InChI=1S/C13H10BrN5S2/c14-8-6-15-12(16-7-8)21-13-18-17-11(10-2-1-5-20-10)19(13)9-3-4-9/h1-2,5-7,9H,3-4H2. The lowest BCUT2D eigenvalue weighted by atomic mass is 10.4. The Balaban J connectivity index is 1.70. The Morgan fingerprint density at radius 1 is 1.24 bits per heavy atom. The molecule has 3 heterocycles. The van der Waals surface area contributed by atoms with E-state index in [-0.39, 0.29) is 0 Å². The molecular formula is C13H10BrN5S2. The van der Waals surface area contributed by atoms with Crippen LogP contribution in [0, 0.1) is 0 Å². The van der Waals surface area contributed by atoms with E-state index in [0.717, 1.165) is 20.3 Å². The molecule has 21 heavy (non-hydrogen) atoms. The van der Waals surface area contributed by atoms with Gasteiger partial charge in [-0.25, -0.2) is 9.97 Å². The highest BCUT2D eigenvalue weighted by Crippen LogP contribution is 2.42. The van der Waals surface area contributed by atoms with Crippen LogP contribution in [-0.2, 0) is 0 Å². The van der Waals surface area contributed by atoms with Crippen molar-refractivity contribution in [2.75, 3.05) is 0 Å². The number of rotatable bonds is 4. The van der Waals surface area contributed by atoms with Gasteiger partial charge >= 0.3 is 0 Å². The van der Waals surface area contributed by atoms with Gasteiger partial charge in [0.2, 0.25) is 0 Å². The Bertz CT molecular complexity index is 749. The Kier molecular flexibility index (Phi) is 3.52. The lowest BCUT2D eigenvalue weighted by Crippen LogP contribution is -1.99. The predicted molar refractivity (Wildman–Crippen MR) is 85.5 cm³/mol. The van der Waals surface area contributed by atoms with E-state index in [1.807, 2.05) is 6.07 Å². The predicted octanol–water partition coefficient (Wildman–Crippen LogP) is 4.05. The minimum Gasteiger partial charge on any atom is -0.298 e. The maximum atomic E-state index is 4.37. The molecule has 0 saturated heterocycles. The first-order valence-corrected chi connectivity index (χ1v) is 8.94. The van der Waals surface area contributed by atoms with Gasteiger partial charge in [0.05, 0.1) is 9.35 Å². The van der Waals surface area contributed by atoms with Crippen molar-refractivity contribution in [3.8, 4) is 10.7 Å². The normalized spacial score (nSPS) is 14.5. The van der Waals surface area contributed by atoms with Crippen molar-refractivity contribution in [3.63, 3.8) is 0 Å². The van der Waals surface area contributed by atoms with Crippen LogP contribution in [0.25, 0.3) is 10.7 Å². The molecule has 0 amide bonds. The average molecular weight is 380 g/mol. The van der Waals surface area contributed by atoms with Crippen LogP contribution in [0.1, 0.15) is 18.9 Å². The van der Waals surface area contributed by atoms with Crippen LogP contribution in [0.5, 0.6) is 0 Å². The zero-order valence-electron chi connectivity index (χ0n) is 10.8. The molecule has 3 aromatic rings. The monoisotopic (exact) mass is 379 g/mol. The molecule has 0 spiro atoms. The van der Waals surface area contributed by atoms with Gasteiger partial charge in [-0.15, -0.1) is 21.5 Å². The zero-order chi connectivity index (χ0) is 14.2. The molecule has 5 nitrogen and oxygen atoms in total. The van der Waals surface area contributed by atoms with E-state index in [1.54, 1.807) is 23.7 Å². The van der Waals surface area contributed by atoms with E-state index in [9.17, 15) is 0 Å². The van der Waals surface area contributed by atoms with Crippen LogP contribution < -0.4 is 0 Å². The van der Waals surface area contributed by atoms with Crippen molar-refractivity contribution in [2.45, 2.75) is 29.2 Å². The van der Waals surface area contributed by atoms with Gasteiger partial charge in [-0.3, -0.25) is 4.57 Å². The highest BCUT2D eigenvalue weighted by Gasteiger charge is 2.30. The van der Waals surface area contributed by atoms with Crippen molar-refractivity contribution in [3.05, 3.63) is 34.4 Å². The first kappa shape index (κ1) is 13.4. The Morgan fingerprint density at radius 2 is 2.05 bits per heavy atom. The first-order chi connectivity index (χ1) is 10.3. The van der Waals surface area contributed by atoms with Crippen molar-refractivity contribution >= 4 is 39.0 Å². The van der Waals surface area contributed by atoms with Gasteiger partial charge in [-0.2, -0.15) is 0 Å². The number of hydrogen-bond acceptors (Lipinski definition) is 6. The van der Waals surface area contributed by atoms with E-state index < -0.39 is 0 Å². The second-order valence-corrected chi connectivity index (χ2v) is 7.47. The van der Waals surface area contributed by atoms with Crippen molar-refractivity contribution in [1.29, 1.82) is 0 Å². The van der Waals surface area contributed by atoms with E-state index in [1.165, 1.54) is 24.6 Å². The number of thiophene rings is 1. The molecule has 1 aliphatic rings. The van der Waals surface area contributed by atoms with Gasteiger partial charge in [-0.1, -0.05) is 6.07 Å². The van der Waals surface area contributed by atoms with Gasteiger partial charge in [0.1, 0.15) is 0 Å². The quantitative estimate of drug-likeness (QED) is 0.640. The molecule has 0 bridgehead atoms. The summed E-state index contributed by atoms with van der Waals surface area (Å²) in [6.45, 7) is 0. The lowest BCUT2D eigenvalue weighted by Gasteiger charge is -2.06. The van der Waals surface area contributed by atoms with Crippen molar-refractivity contribution in [2.24, 2.45) is 0 Å². The first-order valence-electron chi connectivity index (χ1n) is 6.45.